The quantitative estimate of drug-likeness (QED) is 0.511. The minimum atomic E-state index is -0.697. The standard InChI is InChI=1S/C17H28FN3O/c1-4-13(5-2)11-20-17(19-6-3)21-12-16(22)14-7-9-15(18)10-8-14/h7-10,13,16,22H,4-6,11-12H2,1-3H3,(H2,19,20,21). The van der Waals surface area contributed by atoms with Crippen molar-refractivity contribution in [1.29, 1.82) is 0 Å². The van der Waals surface area contributed by atoms with Gasteiger partial charge in [0.1, 0.15) is 5.82 Å². The molecular formula is C17H28FN3O. The van der Waals surface area contributed by atoms with Crippen molar-refractivity contribution in [2.24, 2.45) is 10.9 Å². The Morgan fingerprint density at radius 1 is 1.14 bits per heavy atom. The summed E-state index contributed by atoms with van der Waals surface area (Å²) in [4.78, 5) is 4.56. The van der Waals surface area contributed by atoms with E-state index in [-0.39, 0.29) is 5.82 Å². The van der Waals surface area contributed by atoms with Gasteiger partial charge in [0.05, 0.1) is 6.10 Å². The fourth-order valence-corrected chi connectivity index (χ4v) is 2.11. The molecule has 0 aliphatic heterocycles. The lowest BCUT2D eigenvalue weighted by Gasteiger charge is -2.16. The van der Waals surface area contributed by atoms with Crippen LogP contribution >= 0.6 is 0 Å². The van der Waals surface area contributed by atoms with Crippen LogP contribution in [0.15, 0.2) is 29.3 Å². The summed E-state index contributed by atoms with van der Waals surface area (Å²) in [5, 5.41) is 16.4. The Bertz CT molecular complexity index is 444. The van der Waals surface area contributed by atoms with Gasteiger partial charge in [-0.1, -0.05) is 38.8 Å². The second-order valence-electron chi connectivity index (χ2n) is 5.35. The average molecular weight is 309 g/mol. The van der Waals surface area contributed by atoms with Crippen LogP contribution in [0, 0.1) is 11.7 Å². The van der Waals surface area contributed by atoms with Crippen LogP contribution in [-0.4, -0.2) is 30.7 Å². The monoisotopic (exact) mass is 309 g/mol. The first-order valence-electron chi connectivity index (χ1n) is 8.06. The first-order valence-corrected chi connectivity index (χ1v) is 8.06. The number of hydrogen-bond acceptors (Lipinski definition) is 2. The van der Waals surface area contributed by atoms with E-state index >= 15 is 0 Å². The summed E-state index contributed by atoms with van der Waals surface area (Å²) in [6, 6.07) is 5.89. The van der Waals surface area contributed by atoms with Gasteiger partial charge in [-0.25, -0.2) is 4.39 Å². The highest BCUT2D eigenvalue weighted by Gasteiger charge is 2.09. The Kier molecular flexibility index (Phi) is 8.51. The normalized spacial score (nSPS) is 13.3. The van der Waals surface area contributed by atoms with Gasteiger partial charge in [0.2, 0.25) is 0 Å². The highest BCUT2D eigenvalue weighted by atomic mass is 19.1. The lowest BCUT2D eigenvalue weighted by atomic mass is 10.0. The van der Waals surface area contributed by atoms with Crippen LogP contribution in [0.1, 0.15) is 45.3 Å². The number of nitrogens with one attached hydrogen (secondary N) is 2. The van der Waals surface area contributed by atoms with Gasteiger partial charge in [0.25, 0.3) is 0 Å². The van der Waals surface area contributed by atoms with E-state index in [4.69, 9.17) is 0 Å². The maximum absolute atomic E-state index is 12.9. The predicted octanol–water partition coefficient (Wildman–Crippen LogP) is 2.85. The highest BCUT2D eigenvalue weighted by Crippen LogP contribution is 2.12. The van der Waals surface area contributed by atoms with E-state index in [1.807, 2.05) is 6.92 Å². The summed E-state index contributed by atoms with van der Waals surface area (Å²) >= 11 is 0. The summed E-state index contributed by atoms with van der Waals surface area (Å²) in [5.41, 5.74) is 0.685. The van der Waals surface area contributed by atoms with E-state index in [1.54, 1.807) is 12.1 Å². The van der Waals surface area contributed by atoms with Crippen molar-refractivity contribution in [2.75, 3.05) is 19.6 Å². The number of rotatable bonds is 8. The molecule has 3 N–H and O–H groups in total. The van der Waals surface area contributed by atoms with Gasteiger partial charge in [-0.15, -0.1) is 0 Å². The van der Waals surface area contributed by atoms with Gasteiger partial charge in [-0.05, 0) is 30.5 Å². The zero-order valence-corrected chi connectivity index (χ0v) is 13.8. The van der Waals surface area contributed by atoms with Crippen molar-refractivity contribution in [3.63, 3.8) is 0 Å². The van der Waals surface area contributed by atoms with Crippen LogP contribution in [0.25, 0.3) is 0 Å². The van der Waals surface area contributed by atoms with Gasteiger partial charge in [0, 0.05) is 19.6 Å². The number of aliphatic imine (C=N–C) groups is 1. The topological polar surface area (TPSA) is 56.7 Å². The molecule has 0 saturated heterocycles. The molecule has 0 aliphatic rings. The third-order valence-electron chi connectivity index (χ3n) is 3.72. The molecule has 1 rings (SSSR count). The molecule has 1 aromatic carbocycles. The molecular weight excluding hydrogens is 281 g/mol. The number of hydrogen-bond donors (Lipinski definition) is 3. The van der Waals surface area contributed by atoms with E-state index in [0.29, 0.717) is 24.0 Å². The zero-order chi connectivity index (χ0) is 16.4. The Morgan fingerprint density at radius 2 is 1.77 bits per heavy atom. The molecule has 1 unspecified atom stereocenters. The van der Waals surface area contributed by atoms with Gasteiger partial charge in [-0.3, -0.25) is 4.99 Å². The van der Waals surface area contributed by atoms with E-state index in [9.17, 15) is 9.50 Å². The smallest absolute Gasteiger partial charge is 0.191 e. The molecule has 0 bridgehead atoms. The second kappa shape index (κ2) is 10.2. The molecule has 1 atom stereocenters. The lowest BCUT2D eigenvalue weighted by Crippen LogP contribution is -2.39. The van der Waals surface area contributed by atoms with E-state index in [0.717, 1.165) is 25.9 Å². The van der Waals surface area contributed by atoms with Crippen LogP contribution in [-0.2, 0) is 0 Å². The zero-order valence-electron chi connectivity index (χ0n) is 13.8. The Hall–Kier alpha value is -1.62. The number of aliphatic hydroxyl groups excluding tert-OH is 1. The van der Waals surface area contributed by atoms with Gasteiger partial charge in [-0.2, -0.15) is 0 Å². The number of aliphatic hydroxyl groups is 1. The van der Waals surface area contributed by atoms with Crippen molar-refractivity contribution in [3.05, 3.63) is 35.6 Å². The highest BCUT2D eigenvalue weighted by molar-refractivity contribution is 5.79. The van der Waals surface area contributed by atoms with Gasteiger partial charge in [0.15, 0.2) is 5.96 Å². The Balaban J connectivity index is 2.55. The van der Waals surface area contributed by atoms with Crippen LogP contribution in [0.3, 0.4) is 0 Å². The summed E-state index contributed by atoms with van der Waals surface area (Å²) in [6.07, 6.45) is 1.52. The molecule has 0 spiro atoms. The summed E-state index contributed by atoms with van der Waals surface area (Å²) < 4.78 is 12.9. The molecule has 5 heteroatoms. The first kappa shape index (κ1) is 18.4. The van der Waals surface area contributed by atoms with Crippen molar-refractivity contribution in [2.45, 2.75) is 39.7 Å². The molecule has 0 saturated carbocycles. The minimum Gasteiger partial charge on any atom is -0.387 e. The lowest BCUT2D eigenvalue weighted by molar-refractivity contribution is 0.180. The molecule has 0 radical (unpaired) electrons. The fraction of sp³-hybridized carbons (Fsp3) is 0.588. The van der Waals surface area contributed by atoms with Crippen LogP contribution < -0.4 is 10.6 Å². The number of halogens is 1. The van der Waals surface area contributed by atoms with E-state index in [2.05, 4.69) is 29.5 Å². The van der Waals surface area contributed by atoms with Crippen LogP contribution in [0.2, 0.25) is 0 Å². The van der Waals surface area contributed by atoms with Crippen LogP contribution in [0.5, 0.6) is 0 Å². The maximum atomic E-state index is 12.9. The number of nitrogens with zero attached hydrogens (tertiary/aromatic N) is 1. The summed E-state index contributed by atoms with van der Waals surface area (Å²) in [5.74, 6) is 0.983. The maximum Gasteiger partial charge on any atom is 0.191 e. The fourth-order valence-electron chi connectivity index (χ4n) is 2.11. The minimum absolute atomic E-state index is 0.302. The van der Waals surface area contributed by atoms with Crippen molar-refractivity contribution in [1.82, 2.24) is 10.6 Å². The summed E-state index contributed by atoms with van der Waals surface area (Å²) in [6.45, 7) is 8.21. The molecule has 0 fully saturated rings. The van der Waals surface area contributed by atoms with Crippen molar-refractivity contribution >= 4 is 5.96 Å². The largest absolute Gasteiger partial charge is 0.387 e. The van der Waals surface area contributed by atoms with Crippen LogP contribution in [0.4, 0.5) is 4.39 Å². The number of benzene rings is 1. The SMILES string of the molecule is CCNC(=NCC(CC)CC)NCC(O)c1ccc(F)cc1. The van der Waals surface area contributed by atoms with E-state index < -0.39 is 6.10 Å². The Labute approximate surface area is 132 Å². The number of guanidine groups is 1. The second-order valence-corrected chi connectivity index (χ2v) is 5.35. The average Bonchev–Trinajstić information content (AvgIpc) is 2.53. The molecule has 124 valence electrons. The predicted molar refractivity (Wildman–Crippen MR) is 89.4 cm³/mol. The third kappa shape index (κ3) is 6.43. The van der Waals surface area contributed by atoms with Crippen molar-refractivity contribution in [3.8, 4) is 0 Å². The summed E-state index contributed by atoms with van der Waals surface area (Å²) in [7, 11) is 0. The van der Waals surface area contributed by atoms with Crippen molar-refractivity contribution < 1.29 is 9.50 Å². The first-order chi connectivity index (χ1) is 10.6. The molecule has 0 aliphatic carbocycles. The molecule has 0 heterocycles. The van der Waals surface area contributed by atoms with Gasteiger partial charge >= 0.3 is 0 Å². The molecule has 4 nitrogen and oxygen atoms in total. The molecule has 0 aromatic heterocycles. The molecule has 22 heavy (non-hydrogen) atoms. The van der Waals surface area contributed by atoms with E-state index in [1.165, 1.54) is 12.1 Å². The molecule has 1 aromatic rings. The molecule has 0 amide bonds. The Morgan fingerprint density at radius 3 is 2.32 bits per heavy atom. The van der Waals surface area contributed by atoms with Gasteiger partial charge < -0.3 is 15.7 Å². The third-order valence-corrected chi connectivity index (χ3v) is 3.72.